The second kappa shape index (κ2) is 10.5. The van der Waals surface area contributed by atoms with Crippen LogP contribution in [-0.4, -0.2) is 49.8 Å². The molecular formula is C20H31F3N4. The van der Waals surface area contributed by atoms with Crippen molar-refractivity contribution in [2.24, 2.45) is 10.9 Å². The number of guanidine groups is 1. The van der Waals surface area contributed by atoms with E-state index in [2.05, 4.69) is 46.8 Å². The molecule has 0 aliphatic carbocycles. The van der Waals surface area contributed by atoms with Crippen LogP contribution in [0.1, 0.15) is 37.3 Å². The first-order chi connectivity index (χ1) is 12.9. The molecule has 1 heterocycles. The number of rotatable bonds is 7. The van der Waals surface area contributed by atoms with Crippen molar-refractivity contribution in [2.45, 2.75) is 45.8 Å². The highest BCUT2D eigenvalue weighted by Gasteiger charge is 2.32. The van der Waals surface area contributed by atoms with E-state index in [-0.39, 0.29) is 0 Å². The molecule has 1 aromatic carbocycles. The predicted molar refractivity (Wildman–Crippen MR) is 104 cm³/mol. The topological polar surface area (TPSA) is 39.7 Å². The van der Waals surface area contributed by atoms with E-state index in [4.69, 9.17) is 0 Å². The molecule has 7 heteroatoms. The van der Waals surface area contributed by atoms with Gasteiger partial charge in [0.05, 0.1) is 13.1 Å². The number of likely N-dealkylation sites (tertiary alicyclic amines) is 1. The number of piperidine rings is 1. The monoisotopic (exact) mass is 384 g/mol. The lowest BCUT2D eigenvalue weighted by atomic mass is 9.93. The van der Waals surface area contributed by atoms with Crippen molar-refractivity contribution in [3.8, 4) is 0 Å². The standard InChI is InChI=1S/C20H31F3N4/c1-3-24-19(26-14-18-6-4-16(2)5-7-18)25-11-8-17-9-12-27(13-10-17)15-20(21,22)23/h4-7,17H,3,8-15H2,1-2H3,(H2,24,25,26). The molecule has 0 saturated carbocycles. The van der Waals surface area contributed by atoms with Gasteiger partial charge in [-0.15, -0.1) is 0 Å². The highest BCUT2D eigenvalue weighted by Crippen LogP contribution is 2.23. The second-order valence-corrected chi connectivity index (χ2v) is 7.23. The van der Waals surface area contributed by atoms with Crippen molar-refractivity contribution in [2.75, 3.05) is 32.7 Å². The van der Waals surface area contributed by atoms with Gasteiger partial charge in [-0.1, -0.05) is 29.8 Å². The van der Waals surface area contributed by atoms with E-state index >= 15 is 0 Å². The van der Waals surface area contributed by atoms with E-state index in [1.807, 2.05) is 6.92 Å². The lowest BCUT2D eigenvalue weighted by Crippen LogP contribution is -2.41. The van der Waals surface area contributed by atoms with Crippen LogP contribution in [0.15, 0.2) is 29.3 Å². The third kappa shape index (κ3) is 8.65. The zero-order valence-electron chi connectivity index (χ0n) is 16.3. The summed E-state index contributed by atoms with van der Waals surface area (Å²) in [4.78, 5) is 6.12. The Balaban J connectivity index is 1.71. The lowest BCUT2D eigenvalue weighted by Gasteiger charge is -2.32. The molecule has 0 amide bonds. The first-order valence-electron chi connectivity index (χ1n) is 9.72. The number of alkyl halides is 3. The Bertz CT molecular complexity index is 576. The summed E-state index contributed by atoms with van der Waals surface area (Å²) in [7, 11) is 0. The average molecular weight is 384 g/mol. The summed E-state index contributed by atoms with van der Waals surface area (Å²) in [6.45, 7) is 6.56. The van der Waals surface area contributed by atoms with Gasteiger partial charge in [0.25, 0.3) is 0 Å². The van der Waals surface area contributed by atoms with Gasteiger partial charge in [-0.05, 0) is 57.7 Å². The van der Waals surface area contributed by atoms with Crippen LogP contribution < -0.4 is 10.6 Å². The van der Waals surface area contributed by atoms with E-state index < -0.39 is 12.7 Å². The Labute approximate surface area is 160 Å². The minimum Gasteiger partial charge on any atom is -0.357 e. The van der Waals surface area contributed by atoms with Gasteiger partial charge in [-0.25, -0.2) is 4.99 Å². The van der Waals surface area contributed by atoms with E-state index in [1.54, 1.807) is 0 Å². The average Bonchev–Trinajstić information content (AvgIpc) is 2.61. The molecule has 1 aromatic rings. The summed E-state index contributed by atoms with van der Waals surface area (Å²) in [5.74, 6) is 1.26. The van der Waals surface area contributed by atoms with Crippen LogP contribution in [-0.2, 0) is 6.54 Å². The number of halogens is 3. The largest absolute Gasteiger partial charge is 0.401 e. The molecular weight excluding hydrogens is 353 g/mol. The van der Waals surface area contributed by atoms with E-state index in [1.165, 1.54) is 10.5 Å². The van der Waals surface area contributed by atoms with E-state index in [0.717, 1.165) is 43.9 Å². The van der Waals surface area contributed by atoms with Crippen molar-refractivity contribution in [1.82, 2.24) is 15.5 Å². The fourth-order valence-corrected chi connectivity index (χ4v) is 3.29. The number of nitrogens with zero attached hydrogens (tertiary/aromatic N) is 2. The SMILES string of the molecule is CCNC(=NCc1ccc(C)cc1)NCCC1CCN(CC(F)(F)F)CC1. The summed E-state index contributed by atoms with van der Waals surface area (Å²) < 4.78 is 37.3. The molecule has 0 spiro atoms. The van der Waals surface area contributed by atoms with Crippen LogP contribution in [0, 0.1) is 12.8 Å². The van der Waals surface area contributed by atoms with Crippen molar-refractivity contribution in [1.29, 1.82) is 0 Å². The van der Waals surface area contributed by atoms with Crippen LogP contribution in [0.2, 0.25) is 0 Å². The first kappa shape index (κ1) is 21.5. The maximum Gasteiger partial charge on any atom is 0.401 e. The van der Waals surface area contributed by atoms with Gasteiger partial charge in [0.1, 0.15) is 0 Å². The van der Waals surface area contributed by atoms with Gasteiger partial charge >= 0.3 is 6.18 Å². The molecule has 2 rings (SSSR count). The van der Waals surface area contributed by atoms with E-state index in [9.17, 15) is 13.2 Å². The second-order valence-electron chi connectivity index (χ2n) is 7.23. The molecule has 4 nitrogen and oxygen atoms in total. The maximum atomic E-state index is 12.4. The zero-order valence-corrected chi connectivity index (χ0v) is 16.3. The van der Waals surface area contributed by atoms with Gasteiger partial charge in [-0.3, -0.25) is 4.90 Å². The van der Waals surface area contributed by atoms with Crippen LogP contribution in [0.3, 0.4) is 0 Å². The quantitative estimate of drug-likeness (QED) is 0.556. The number of benzene rings is 1. The van der Waals surface area contributed by atoms with Crippen LogP contribution >= 0.6 is 0 Å². The highest BCUT2D eigenvalue weighted by molar-refractivity contribution is 5.79. The number of aryl methyl sites for hydroxylation is 1. The molecule has 0 atom stereocenters. The van der Waals surface area contributed by atoms with Crippen LogP contribution in [0.5, 0.6) is 0 Å². The van der Waals surface area contributed by atoms with Crippen LogP contribution in [0.4, 0.5) is 13.2 Å². The minimum atomic E-state index is -4.09. The molecule has 2 N–H and O–H groups in total. The Morgan fingerprint density at radius 2 is 1.81 bits per heavy atom. The lowest BCUT2D eigenvalue weighted by molar-refractivity contribution is -0.148. The molecule has 1 fully saturated rings. The molecule has 27 heavy (non-hydrogen) atoms. The molecule has 1 saturated heterocycles. The molecule has 152 valence electrons. The fourth-order valence-electron chi connectivity index (χ4n) is 3.29. The molecule has 0 radical (unpaired) electrons. The molecule has 0 bridgehead atoms. The Kier molecular flexibility index (Phi) is 8.41. The van der Waals surface area contributed by atoms with Gasteiger partial charge in [0, 0.05) is 13.1 Å². The first-order valence-corrected chi connectivity index (χ1v) is 9.72. The Hall–Kier alpha value is -1.76. The van der Waals surface area contributed by atoms with Gasteiger partial charge in [0.2, 0.25) is 0 Å². The predicted octanol–water partition coefficient (Wildman–Crippen LogP) is 3.71. The van der Waals surface area contributed by atoms with Gasteiger partial charge < -0.3 is 10.6 Å². The summed E-state index contributed by atoms with van der Waals surface area (Å²) in [6, 6.07) is 8.32. The van der Waals surface area contributed by atoms with Crippen molar-refractivity contribution < 1.29 is 13.2 Å². The van der Waals surface area contributed by atoms with E-state index in [0.29, 0.717) is 25.6 Å². The highest BCUT2D eigenvalue weighted by atomic mass is 19.4. The number of aliphatic imine (C=N–C) groups is 1. The summed E-state index contributed by atoms with van der Waals surface area (Å²) in [5.41, 5.74) is 2.39. The summed E-state index contributed by atoms with van der Waals surface area (Å²) in [5, 5.41) is 6.58. The Morgan fingerprint density at radius 1 is 1.15 bits per heavy atom. The third-order valence-electron chi connectivity index (χ3n) is 4.84. The third-order valence-corrected chi connectivity index (χ3v) is 4.84. The molecule has 1 aliphatic rings. The van der Waals surface area contributed by atoms with Crippen LogP contribution in [0.25, 0.3) is 0 Å². The summed E-state index contributed by atoms with van der Waals surface area (Å²) in [6.07, 6.45) is -1.48. The smallest absolute Gasteiger partial charge is 0.357 e. The fraction of sp³-hybridized carbons (Fsp3) is 0.650. The molecule has 0 unspecified atom stereocenters. The number of hydrogen-bond acceptors (Lipinski definition) is 2. The van der Waals surface area contributed by atoms with Crippen molar-refractivity contribution in [3.05, 3.63) is 35.4 Å². The minimum absolute atomic E-state index is 0.474. The normalized spacial score (nSPS) is 17.1. The van der Waals surface area contributed by atoms with Gasteiger partial charge in [0.15, 0.2) is 5.96 Å². The molecule has 0 aromatic heterocycles. The summed E-state index contributed by atoms with van der Waals surface area (Å²) >= 11 is 0. The number of nitrogens with one attached hydrogen (secondary N) is 2. The maximum absolute atomic E-state index is 12.4. The van der Waals surface area contributed by atoms with Gasteiger partial charge in [-0.2, -0.15) is 13.2 Å². The number of hydrogen-bond donors (Lipinski definition) is 2. The van der Waals surface area contributed by atoms with Crippen molar-refractivity contribution >= 4 is 5.96 Å². The molecule has 1 aliphatic heterocycles. The zero-order chi connectivity index (χ0) is 19.7. The van der Waals surface area contributed by atoms with Crippen molar-refractivity contribution in [3.63, 3.8) is 0 Å². The Morgan fingerprint density at radius 3 is 2.41 bits per heavy atom.